The van der Waals surface area contributed by atoms with Crippen molar-refractivity contribution in [2.75, 3.05) is 6.54 Å². The Kier molecular flexibility index (Phi) is 11.0. The summed E-state index contributed by atoms with van der Waals surface area (Å²) >= 11 is 0. The van der Waals surface area contributed by atoms with E-state index in [1.165, 1.54) is 19.3 Å². The number of carbonyl (C=O) groups is 2. The van der Waals surface area contributed by atoms with Crippen molar-refractivity contribution in [2.45, 2.75) is 71.3 Å². The smallest absolute Gasteiger partial charge is 0.314 e. The molecule has 2 amide bonds. The van der Waals surface area contributed by atoms with Gasteiger partial charge in [-0.1, -0.05) is 32.6 Å². The second-order valence-electron chi connectivity index (χ2n) is 5.00. The van der Waals surface area contributed by atoms with Crippen molar-refractivity contribution in [3.8, 4) is 0 Å². The number of amides is 2. The zero-order chi connectivity index (χ0) is 14.5. The van der Waals surface area contributed by atoms with Crippen LogP contribution in [0, 0.1) is 0 Å². The van der Waals surface area contributed by atoms with Crippen LogP contribution in [0.2, 0.25) is 0 Å². The van der Waals surface area contributed by atoms with E-state index in [2.05, 4.69) is 17.6 Å². The first-order valence-corrected chi connectivity index (χ1v) is 7.32. The first-order valence-electron chi connectivity index (χ1n) is 7.32. The van der Waals surface area contributed by atoms with E-state index >= 15 is 0 Å². The highest BCUT2D eigenvalue weighted by Crippen LogP contribution is 2.05. The predicted molar refractivity (Wildman–Crippen MR) is 76.2 cm³/mol. The molecule has 112 valence electrons. The molecule has 3 N–H and O–H groups in total. The second kappa shape index (κ2) is 11.8. The van der Waals surface area contributed by atoms with Crippen LogP contribution in [0.4, 0.5) is 4.79 Å². The Morgan fingerprint density at radius 2 is 1.84 bits per heavy atom. The Balaban J connectivity index is 3.43. The number of unbranched alkanes of at least 4 members (excludes halogenated alkanes) is 4. The number of carboxylic acid groups (broad SMARTS) is 1. The lowest BCUT2D eigenvalue weighted by molar-refractivity contribution is -0.137. The molecule has 0 aliphatic carbocycles. The van der Waals surface area contributed by atoms with Crippen molar-refractivity contribution in [1.82, 2.24) is 10.6 Å². The van der Waals surface area contributed by atoms with Gasteiger partial charge in [-0.2, -0.15) is 0 Å². The summed E-state index contributed by atoms with van der Waals surface area (Å²) in [6.45, 7) is 4.72. The number of rotatable bonds is 11. The SMILES string of the molecule is CCCCCCC(C)NC(=O)NCCCCC(=O)O. The third-order valence-electron chi connectivity index (χ3n) is 2.97. The highest BCUT2D eigenvalue weighted by Gasteiger charge is 2.06. The Hall–Kier alpha value is -1.26. The van der Waals surface area contributed by atoms with Crippen molar-refractivity contribution >= 4 is 12.0 Å². The fraction of sp³-hybridized carbons (Fsp3) is 0.857. The molecule has 5 heteroatoms. The van der Waals surface area contributed by atoms with Crippen molar-refractivity contribution in [1.29, 1.82) is 0 Å². The van der Waals surface area contributed by atoms with Crippen LogP contribution in [-0.2, 0) is 4.79 Å². The molecule has 1 unspecified atom stereocenters. The van der Waals surface area contributed by atoms with Gasteiger partial charge in [0.1, 0.15) is 0 Å². The van der Waals surface area contributed by atoms with Gasteiger partial charge in [-0.3, -0.25) is 4.79 Å². The summed E-state index contributed by atoms with van der Waals surface area (Å²) in [6, 6.07) is 0.0363. The van der Waals surface area contributed by atoms with Crippen LogP contribution in [0.5, 0.6) is 0 Å². The lowest BCUT2D eigenvalue weighted by Crippen LogP contribution is -2.41. The molecule has 0 aliphatic rings. The molecule has 0 fully saturated rings. The van der Waals surface area contributed by atoms with Crippen LogP contribution in [0.3, 0.4) is 0 Å². The highest BCUT2D eigenvalue weighted by atomic mass is 16.4. The molecule has 5 nitrogen and oxygen atoms in total. The van der Waals surface area contributed by atoms with E-state index in [4.69, 9.17) is 5.11 Å². The predicted octanol–water partition coefficient (Wildman–Crippen LogP) is 2.90. The van der Waals surface area contributed by atoms with E-state index in [1.54, 1.807) is 0 Å². The molecule has 19 heavy (non-hydrogen) atoms. The number of carboxylic acids is 1. The topological polar surface area (TPSA) is 78.4 Å². The minimum atomic E-state index is -0.787. The molecular formula is C14H28N2O3. The minimum Gasteiger partial charge on any atom is -0.481 e. The number of nitrogens with one attached hydrogen (secondary N) is 2. The zero-order valence-corrected chi connectivity index (χ0v) is 12.2. The largest absolute Gasteiger partial charge is 0.481 e. The van der Waals surface area contributed by atoms with Crippen molar-refractivity contribution in [3.63, 3.8) is 0 Å². The lowest BCUT2D eigenvalue weighted by atomic mass is 10.1. The number of hydrogen-bond donors (Lipinski definition) is 3. The molecule has 0 aromatic rings. The third kappa shape index (κ3) is 13.0. The summed E-state index contributed by atoms with van der Waals surface area (Å²) in [5.74, 6) is -0.787. The van der Waals surface area contributed by atoms with E-state index in [1.807, 2.05) is 6.92 Å². The quantitative estimate of drug-likeness (QED) is 0.506. The van der Waals surface area contributed by atoms with Crippen LogP contribution in [-0.4, -0.2) is 29.7 Å². The molecule has 0 bridgehead atoms. The minimum absolute atomic E-state index is 0.154. The second-order valence-corrected chi connectivity index (χ2v) is 5.00. The van der Waals surface area contributed by atoms with Gasteiger partial charge >= 0.3 is 12.0 Å². The molecule has 0 spiro atoms. The van der Waals surface area contributed by atoms with Gasteiger partial charge in [0.15, 0.2) is 0 Å². The molecule has 0 aliphatic heterocycles. The van der Waals surface area contributed by atoms with E-state index in [-0.39, 0.29) is 18.5 Å². The maximum atomic E-state index is 11.5. The number of carbonyl (C=O) groups excluding carboxylic acids is 1. The number of urea groups is 1. The van der Waals surface area contributed by atoms with E-state index in [0.717, 1.165) is 12.8 Å². The highest BCUT2D eigenvalue weighted by molar-refractivity contribution is 5.74. The van der Waals surface area contributed by atoms with Crippen LogP contribution < -0.4 is 10.6 Å². The Morgan fingerprint density at radius 3 is 2.47 bits per heavy atom. The standard InChI is InChI=1S/C14H28N2O3/c1-3-4-5-6-9-12(2)16-14(19)15-11-8-7-10-13(17)18/h12H,3-11H2,1-2H3,(H,17,18)(H2,15,16,19). The molecule has 0 radical (unpaired) electrons. The summed E-state index contributed by atoms with van der Waals surface area (Å²) in [6.07, 6.45) is 7.31. The molecule has 0 heterocycles. The van der Waals surface area contributed by atoms with E-state index < -0.39 is 5.97 Å². The first kappa shape index (κ1) is 17.7. The van der Waals surface area contributed by atoms with Gasteiger partial charge in [0, 0.05) is 19.0 Å². The van der Waals surface area contributed by atoms with E-state index in [9.17, 15) is 9.59 Å². The molecule has 0 aromatic carbocycles. The summed E-state index contributed by atoms with van der Waals surface area (Å²) in [5.41, 5.74) is 0. The van der Waals surface area contributed by atoms with Crippen molar-refractivity contribution in [3.05, 3.63) is 0 Å². The van der Waals surface area contributed by atoms with Gasteiger partial charge in [-0.05, 0) is 26.2 Å². The van der Waals surface area contributed by atoms with Crippen LogP contribution in [0.1, 0.15) is 65.2 Å². The molecule has 0 aromatic heterocycles. The molecule has 1 atom stereocenters. The molecule has 0 saturated heterocycles. The van der Waals surface area contributed by atoms with Gasteiger partial charge in [0.05, 0.1) is 0 Å². The first-order chi connectivity index (χ1) is 9.06. The van der Waals surface area contributed by atoms with Crippen molar-refractivity contribution in [2.24, 2.45) is 0 Å². The van der Waals surface area contributed by atoms with Gasteiger partial charge in [-0.15, -0.1) is 0 Å². The Morgan fingerprint density at radius 1 is 1.11 bits per heavy atom. The van der Waals surface area contributed by atoms with Crippen LogP contribution >= 0.6 is 0 Å². The number of hydrogen-bond acceptors (Lipinski definition) is 2. The fourth-order valence-corrected chi connectivity index (χ4v) is 1.83. The lowest BCUT2D eigenvalue weighted by Gasteiger charge is -2.14. The van der Waals surface area contributed by atoms with Crippen LogP contribution in [0.15, 0.2) is 0 Å². The molecule has 0 rings (SSSR count). The monoisotopic (exact) mass is 272 g/mol. The number of aliphatic carboxylic acids is 1. The van der Waals surface area contributed by atoms with Crippen molar-refractivity contribution < 1.29 is 14.7 Å². The summed E-state index contributed by atoms with van der Waals surface area (Å²) in [5, 5.41) is 14.1. The normalized spacial score (nSPS) is 11.9. The summed E-state index contributed by atoms with van der Waals surface area (Å²) in [4.78, 5) is 21.8. The summed E-state index contributed by atoms with van der Waals surface area (Å²) in [7, 11) is 0. The zero-order valence-electron chi connectivity index (χ0n) is 12.2. The molecular weight excluding hydrogens is 244 g/mol. The molecule has 0 saturated carbocycles. The van der Waals surface area contributed by atoms with Crippen LogP contribution in [0.25, 0.3) is 0 Å². The maximum absolute atomic E-state index is 11.5. The average Bonchev–Trinajstić information content (AvgIpc) is 2.34. The summed E-state index contributed by atoms with van der Waals surface area (Å²) < 4.78 is 0. The Bertz CT molecular complexity index is 257. The van der Waals surface area contributed by atoms with Gasteiger partial charge in [0.25, 0.3) is 0 Å². The van der Waals surface area contributed by atoms with E-state index in [0.29, 0.717) is 19.4 Å². The third-order valence-corrected chi connectivity index (χ3v) is 2.97. The average molecular weight is 272 g/mol. The maximum Gasteiger partial charge on any atom is 0.314 e. The van der Waals surface area contributed by atoms with Gasteiger partial charge in [0.2, 0.25) is 0 Å². The fourth-order valence-electron chi connectivity index (χ4n) is 1.83. The Labute approximate surface area is 116 Å². The van der Waals surface area contributed by atoms with Gasteiger partial charge < -0.3 is 15.7 Å². The van der Waals surface area contributed by atoms with Gasteiger partial charge in [-0.25, -0.2) is 4.79 Å².